The van der Waals surface area contributed by atoms with Crippen molar-refractivity contribution in [2.24, 2.45) is 0 Å². The van der Waals surface area contributed by atoms with Gasteiger partial charge in [-0.15, -0.1) is 0 Å². The van der Waals surface area contributed by atoms with Crippen LogP contribution in [0.5, 0.6) is 0 Å². The molecule has 0 bridgehead atoms. The van der Waals surface area contributed by atoms with Gasteiger partial charge in [0, 0.05) is 19.3 Å². The molecule has 0 aromatic rings. The summed E-state index contributed by atoms with van der Waals surface area (Å²) in [6, 6.07) is 0. The third-order valence-corrected chi connectivity index (χ3v) is 6.92. The molecule has 1 unspecified atom stereocenters. The second-order valence-electron chi connectivity index (χ2n) is 10.6. The lowest BCUT2D eigenvalue weighted by Crippen LogP contribution is -2.53. The minimum absolute atomic E-state index is 0.154. The first-order valence-corrected chi connectivity index (χ1v) is 15.6. The first kappa shape index (κ1) is 36.4. The van der Waals surface area contributed by atoms with Gasteiger partial charge < -0.3 is 19.3 Å². The van der Waals surface area contributed by atoms with Gasteiger partial charge in [0.2, 0.25) is 0 Å². The number of aliphatic hydroxyl groups excluding tert-OH is 1. The highest BCUT2D eigenvalue weighted by Gasteiger charge is 2.46. The summed E-state index contributed by atoms with van der Waals surface area (Å²) in [4.78, 5) is 37.8. The lowest BCUT2D eigenvalue weighted by Gasteiger charge is -2.35. The van der Waals surface area contributed by atoms with Gasteiger partial charge in [-0.2, -0.15) is 0 Å². The predicted molar refractivity (Wildman–Crippen MR) is 152 cm³/mol. The largest absolute Gasteiger partial charge is 0.454 e. The molecule has 0 aromatic heterocycles. The number of hydrogen-bond acceptors (Lipinski definition) is 7. The average Bonchev–Trinajstić information content (AvgIpc) is 2.89. The van der Waals surface area contributed by atoms with E-state index in [9.17, 15) is 19.5 Å². The van der Waals surface area contributed by atoms with E-state index in [2.05, 4.69) is 20.8 Å². The molecule has 7 heteroatoms. The molecule has 0 aliphatic carbocycles. The van der Waals surface area contributed by atoms with Gasteiger partial charge in [0.25, 0.3) is 0 Å². The van der Waals surface area contributed by atoms with Crippen LogP contribution in [-0.2, 0) is 28.6 Å². The summed E-state index contributed by atoms with van der Waals surface area (Å²) < 4.78 is 16.7. The minimum Gasteiger partial charge on any atom is -0.454 e. The van der Waals surface area contributed by atoms with Crippen LogP contribution in [0.4, 0.5) is 0 Å². The highest BCUT2D eigenvalue weighted by molar-refractivity contribution is 5.73. The number of esters is 3. The summed E-state index contributed by atoms with van der Waals surface area (Å²) in [6.45, 7) is 7.20. The Morgan fingerprint density at radius 3 is 1.21 bits per heavy atom. The van der Waals surface area contributed by atoms with Crippen molar-refractivity contribution in [3.05, 3.63) is 0 Å². The fourth-order valence-electron chi connectivity index (χ4n) is 4.36. The van der Waals surface area contributed by atoms with E-state index in [-0.39, 0.29) is 19.3 Å². The van der Waals surface area contributed by atoms with Crippen LogP contribution in [0.25, 0.3) is 0 Å². The summed E-state index contributed by atoms with van der Waals surface area (Å²) in [7, 11) is 0. The molecule has 0 aromatic carbocycles. The predicted octanol–water partition coefficient (Wildman–Crippen LogP) is 7.94. The fraction of sp³-hybridized carbons (Fsp3) is 0.903. The zero-order valence-electron chi connectivity index (χ0n) is 25.0. The lowest BCUT2D eigenvalue weighted by molar-refractivity contribution is -0.274. The number of carbonyl (C=O) groups excluding carboxylic acids is 3. The van der Waals surface area contributed by atoms with Crippen LogP contribution in [0.2, 0.25) is 0 Å². The molecule has 38 heavy (non-hydrogen) atoms. The maximum absolute atomic E-state index is 12.7. The maximum Gasteiger partial charge on any atom is 0.316 e. The van der Waals surface area contributed by atoms with Crippen molar-refractivity contribution in [2.75, 3.05) is 6.61 Å². The number of ether oxygens (including phenoxy) is 3. The van der Waals surface area contributed by atoms with Gasteiger partial charge in [-0.1, -0.05) is 117 Å². The highest BCUT2D eigenvalue weighted by atomic mass is 16.8. The van der Waals surface area contributed by atoms with Crippen molar-refractivity contribution in [3.8, 4) is 0 Å². The summed E-state index contributed by atoms with van der Waals surface area (Å²) in [5, 5.41) is 10.2. The molecule has 1 atom stereocenters. The Labute approximate surface area is 232 Å². The lowest BCUT2D eigenvalue weighted by atomic mass is 10.1. The topological polar surface area (TPSA) is 99.1 Å². The van der Waals surface area contributed by atoms with E-state index in [1.165, 1.54) is 26.2 Å². The van der Waals surface area contributed by atoms with Crippen LogP contribution in [0.3, 0.4) is 0 Å². The van der Waals surface area contributed by atoms with Gasteiger partial charge in [0.05, 0.1) is 0 Å². The van der Waals surface area contributed by atoms with Crippen molar-refractivity contribution >= 4 is 17.9 Å². The Hall–Kier alpha value is -1.63. The van der Waals surface area contributed by atoms with E-state index in [1.54, 1.807) is 0 Å². The second-order valence-corrected chi connectivity index (χ2v) is 10.6. The van der Waals surface area contributed by atoms with Gasteiger partial charge in [0.1, 0.15) is 6.61 Å². The molecule has 0 fully saturated rings. The number of aliphatic hydroxyl groups is 1. The number of unbranched alkanes of at least 4 members (excludes halogenated alkanes) is 15. The standard InChI is InChI=1S/C31H58O7/c1-5-8-11-14-17-20-23-28(33)36-27(4)31(26-32,37-29(34)24-21-18-15-12-9-6-2)38-30(35)25-22-19-16-13-10-7-3/h27,32H,5-26H2,1-4H3. The summed E-state index contributed by atoms with van der Waals surface area (Å²) >= 11 is 0. The second kappa shape index (κ2) is 24.4. The van der Waals surface area contributed by atoms with Crippen LogP contribution in [0, 0.1) is 0 Å². The summed E-state index contributed by atoms with van der Waals surface area (Å²) in [5.41, 5.74) is 0. The highest BCUT2D eigenvalue weighted by Crippen LogP contribution is 2.25. The van der Waals surface area contributed by atoms with E-state index in [4.69, 9.17) is 14.2 Å². The van der Waals surface area contributed by atoms with Crippen LogP contribution in [0.15, 0.2) is 0 Å². The first-order valence-electron chi connectivity index (χ1n) is 15.6. The number of rotatable bonds is 26. The van der Waals surface area contributed by atoms with E-state index in [0.29, 0.717) is 19.3 Å². The first-order chi connectivity index (χ1) is 18.3. The monoisotopic (exact) mass is 542 g/mol. The summed E-state index contributed by atoms with van der Waals surface area (Å²) in [6.07, 6.45) is 17.8. The smallest absolute Gasteiger partial charge is 0.316 e. The molecule has 0 heterocycles. The molecule has 0 aliphatic rings. The van der Waals surface area contributed by atoms with E-state index in [0.717, 1.165) is 77.0 Å². The van der Waals surface area contributed by atoms with Crippen LogP contribution in [0.1, 0.15) is 163 Å². The third-order valence-electron chi connectivity index (χ3n) is 6.92. The molecule has 0 saturated heterocycles. The van der Waals surface area contributed by atoms with Crippen molar-refractivity contribution in [1.82, 2.24) is 0 Å². The van der Waals surface area contributed by atoms with Crippen molar-refractivity contribution < 1.29 is 33.7 Å². The van der Waals surface area contributed by atoms with Gasteiger partial charge in [-0.05, 0) is 26.2 Å². The van der Waals surface area contributed by atoms with Crippen LogP contribution in [-0.4, -0.2) is 41.5 Å². The molecular formula is C31H58O7. The molecule has 0 spiro atoms. The molecule has 7 nitrogen and oxygen atoms in total. The maximum atomic E-state index is 12.7. The summed E-state index contributed by atoms with van der Waals surface area (Å²) in [5.74, 6) is -3.62. The molecule has 0 saturated carbocycles. The Morgan fingerprint density at radius 1 is 0.553 bits per heavy atom. The minimum atomic E-state index is -2.03. The third kappa shape index (κ3) is 18.6. The van der Waals surface area contributed by atoms with Gasteiger partial charge >= 0.3 is 23.7 Å². The van der Waals surface area contributed by atoms with Gasteiger partial charge in [0.15, 0.2) is 6.10 Å². The van der Waals surface area contributed by atoms with Crippen molar-refractivity contribution in [3.63, 3.8) is 0 Å². The quantitative estimate of drug-likeness (QED) is 0.0672. The zero-order chi connectivity index (χ0) is 28.5. The SMILES string of the molecule is CCCCCCCCC(=O)OC(C)C(CO)(OC(=O)CCCCCCCC)OC(=O)CCCCCCCC. The molecular weight excluding hydrogens is 484 g/mol. The van der Waals surface area contributed by atoms with Crippen molar-refractivity contribution in [2.45, 2.75) is 174 Å². The van der Waals surface area contributed by atoms with Crippen molar-refractivity contribution in [1.29, 1.82) is 0 Å². The molecule has 1 N–H and O–H groups in total. The zero-order valence-corrected chi connectivity index (χ0v) is 25.0. The van der Waals surface area contributed by atoms with Crippen LogP contribution < -0.4 is 0 Å². The number of hydrogen-bond donors (Lipinski definition) is 1. The van der Waals surface area contributed by atoms with E-state index < -0.39 is 36.4 Å². The fourth-order valence-corrected chi connectivity index (χ4v) is 4.36. The van der Waals surface area contributed by atoms with Gasteiger partial charge in [-0.25, -0.2) is 0 Å². The van der Waals surface area contributed by atoms with E-state index in [1.807, 2.05) is 0 Å². The molecule has 0 aliphatic heterocycles. The average molecular weight is 543 g/mol. The Bertz CT molecular complexity index is 575. The molecule has 0 amide bonds. The van der Waals surface area contributed by atoms with Crippen LogP contribution >= 0.6 is 0 Å². The normalized spacial score (nSPS) is 12.2. The molecule has 224 valence electrons. The Balaban J connectivity index is 5.00. The number of carbonyl (C=O) groups is 3. The molecule has 0 rings (SSSR count). The Kier molecular flexibility index (Phi) is 23.4. The Morgan fingerprint density at radius 2 is 0.868 bits per heavy atom. The van der Waals surface area contributed by atoms with Gasteiger partial charge in [-0.3, -0.25) is 14.4 Å². The van der Waals surface area contributed by atoms with E-state index >= 15 is 0 Å². The molecule has 0 radical (unpaired) electrons.